The number of carbonyl (C=O) groups is 6. The van der Waals surface area contributed by atoms with Crippen molar-refractivity contribution in [3.63, 3.8) is 0 Å². The minimum absolute atomic E-state index is 0.00962. The Kier molecular flexibility index (Phi) is 14.5. The smallest absolute Gasteiger partial charge is 0.427 e. The zero-order valence-electron chi connectivity index (χ0n) is 37.4. The van der Waals surface area contributed by atoms with E-state index in [1.165, 1.54) is 12.1 Å². The Balaban J connectivity index is 0.000000182. The number of carboxylic acid groups (broad SMARTS) is 2. The van der Waals surface area contributed by atoms with Gasteiger partial charge < -0.3 is 30.3 Å². The second kappa shape index (κ2) is 19.1. The third kappa shape index (κ3) is 10.0. The number of ether oxygens (including phenoxy) is 2. The fraction of sp³-hybridized carbons (Fsp3) is 0.404. The van der Waals surface area contributed by atoms with Crippen LogP contribution in [0.2, 0.25) is 5.02 Å². The van der Waals surface area contributed by atoms with E-state index in [-0.39, 0.29) is 63.1 Å². The number of benzene rings is 3. The van der Waals surface area contributed by atoms with E-state index in [1.807, 2.05) is 47.6 Å². The number of imide groups is 1. The molecule has 4 N–H and O–H groups in total. The second-order valence-electron chi connectivity index (χ2n) is 17.2. The molecule has 7 rings (SSSR count). The molecule has 2 fully saturated rings. The maximum absolute atomic E-state index is 14.3. The summed E-state index contributed by atoms with van der Waals surface area (Å²) in [5.41, 5.74) is 1.56. The van der Waals surface area contributed by atoms with Gasteiger partial charge in [0, 0.05) is 17.2 Å². The SMILES string of the molecule is CC(C)=C1OC(=O)N(c2cc(OC3CCCC3)c(Cl)cc2F)C1=O.Cc1ccc(C(=O)O)c(C2=NC(C)(C(C)C)C(=O)N2)c1.Cc1ccc(C2=NC(C)(C(C)C)C(=O)N2)c(C(=O)O)c1. The summed E-state index contributed by atoms with van der Waals surface area (Å²) < 4.78 is 25.1. The van der Waals surface area contributed by atoms with E-state index in [0.717, 1.165) is 42.9 Å². The highest BCUT2D eigenvalue weighted by Crippen LogP contribution is 2.38. The molecule has 3 heterocycles. The van der Waals surface area contributed by atoms with Crippen molar-refractivity contribution in [3.8, 4) is 5.75 Å². The summed E-state index contributed by atoms with van der Waals surface area (Å²) in [6.45, 7) is 18.1. The highest BCUT2D eigenvalue weighted by atomic mass is 35.5. The normalized spacial score (nSPS) is 20.5. The largest absolute Gasteiger partial charge is 0.489 e. The number of hydrogen-bond acceptors (Lipinski definition) is 10. The molecule has 0 spiro atoms. The molecule has 1 saturated heterocycles. The molecule has 64 heavy (non-hydrogen) atoms. The Morgan fingerprint density at radius 3 is 1.81 bits per heavy atom. The van der Waals surface area contributed by atoms with Crippen molar-refractivity contribution in [2.45, 2.75) is 112 Å². The number of allylic oxidation sites excluding steroid dienone is 1. The second-order valence-corrected chi connectivity index (χ2v) is 17.6. The molecule has 4 aliphatic rings. The van der Waals surface area contributed by atoms with Crippen molar-refractivity contribution >= 4 is 64.7 Å². The molecule has 3 aromatic rings. The number of rotatable bonds is 9. The van der Waals surface area contributed by atoms with Crippen LogP contribution in [0, 0.1) is 31.5 Å². The highest BCUT2D eigenvalue weighted by molar-refractivity contribution is 6.32. The van der Waals surface area contributed by atoms with Crippen molar-refractivity contribution in [1.29, 1.82) is 0 Å². The Morgan fingerprint density at radius 1 is 0.812 bits per heavy atom. The van der Waals surface area contributed by atoms with Crippen LogP contribution in [-0.2, 0) is 19.1 Å². The van der Waals surface area contributed by atoms with E-state index in [9.17, 15) is 43.4 Å². The number of aromatic carboxylic acids is 2. The van der Waals surface area contributed by atoms with Gasteiger partial charge in [-0.05, 0) is 109 Å². The lowest BCUT2D eigenvalue weighted by molar-refractivity contribution is -0.125. The lowest BCUT2D eigenvalue weighted by Crippen LogP contribution is -2.41. The van der Waals surface area contributed by atoms with Crippen LogP contribution >= 0.6 is 11.6 Å². The number of aryl methyl sites for hydroxylation is 2. The predicted octanol–water partition coefficient (Wildman–Crippen LogP) is 8.55. The number of carboxylic acids is 2. The summed E-state index contributed by atoms with van der Waals surface area (Å²) >= 11 is 6.04. The zero-order valence-corrected chi connectivity index (χ0v) is 38.2. The van der Waals surface area contributed by atoms with Crippen LogP contribution in [0.3, 0.4) is 0 Å². The number of carbonyl (C=O) groups excluding carboxylic acids is 4. The molecule has 340 valence electrons. The van der Waals surface area contributed by atoms with E-state index >= 15 is 0 Å². The molecule has 2 unspecified atom stereocenters. The third-order valence-corrected chi connectivity index (χ3v) is 12.0. The summed E-state index contributed by atoms with van der Waals surface area (Å²) in [5.74, 6) is -3.05. The summed E-state index contributed by atoms with van der Waals surface area (Å²) in [6.07, 6.45) is 3.00. The van der Waals surface area contributed by atoms with Crippen molar-refractivity contribution < 1.29 is 52.8 Å². The maximum Gasteiger partial charge on any atom is 0.427 e. The summed E-state index contributed by atoms with van der Waals surface area (Å²) in [6, 6.07) is 12.4. The lowest BCUT2D eigenvalue weighted by atomic mass is 9.89. The van der Waals surface area contributed by atoms with Gasteiger partial charge in [-0.3, -0.25) is 24.4 Å². The fourth-order valence-corrected chi connectivity index (χ4v) is 7.26. The van der Waals surface area contributed by atoms with Gasteiger partial charge >= 0.3 is 23.9 Å². The predicted molar refractivity (Wildman–Crippen MR) is 239 cm³/mol. The van der Waals surface area contributed by atoms with Gasteiger partial charge in [-0.1, -0.05) is 68.6 Å². The van der Waals surface area contributed by atoms with Crippen LogP contribution in [0.4, 0.5) is 14.9 Å². The number of halogens is 2. The molecule has 0 bridgehead atoms. The molecule has 2 atom stereocenters. The van der Waals surface area contributed by atoms with Crippen molar-refractivity contribution in [2.75, 3.05) is 4.90 Å². The monoisotopic (exact) mass is 901 g/mol. The minimum Gasteiger partial charge on any atom is -0.489 e. The first kappa shape index (κ1) is 48.6. The first-order valence-electron chi connectivity index (χ1n) is 20.8. The molecule has 1 saturated carbocycles. The topological polar surface area (TPSA) is 213 Å². The molecule has 4 amide bonds. The standard InChI is InChI=1S/C17H17ClFNO4.2C15H18N2O3/c1-9(2)15-16(21)20(17(22)24-15)13-8-14(11(18)7-12(13)19)23-10-5-3-4-6-10;1-8(2)15(4)14(20)16-12(17-15)11-7-9(3)5-6-10(11)13(18)19;1-8(2)15(4)14(20)16-12(17-15)10-6-5-9(3)7-11(10)13(18)19/h7-8,10H,3-6H2,1-2H3;2*5-8H,1-4H3,(H,18,19)(H,16,17,20). The molecule has 0 radical (unpaired) electrons. The van der Waals surface area contributed by atoms with Gasteiger partial charge in [0.15, 0.2) is 5.76 Å². The third-order valence-electron chi connectivity index (χ3n) is 11.7. The highest BCUT2D eigenvalue weighted by Gasteiger charge is 2.44. The van der Waals surface area contributed by atoms with Gasteiger partial charge in [0.2, 0.25) is 0 Å². The average Bonchev–Trinajstić information content (AvgIpc) is 3.99. The van der Waals surface area contributed by atoms with Gasteiger partial charge in [-0.2, -0.15) is 0 Å². The lowest BCUT2D eigenvalue weighted by Gasteiger charge is -2.21. The number of amides is 4. The number of nitrogens with zero attached hydrogens (tertiary/aromatic N) is 3. The summed E-state index contributed by atoms with van der Waals surface area (Å²) in [5, 5.41) is 24.1. The van der Waals surface area contributed by atoms with Crippen LogP contribution < -0.4 is 20.3 Å². The van der Waals surface area contributed by atoms with Crippen LogP contribution in [0.25, 0.3) is 0 Å². The minimum atomic E-state index is -1.03. The van der Waals surface area contributed by atoms with Gasteiger partial charge in [-0.15, -0.1) is 0 Å². The molecular weight excluding hydrogens is 849 g/mol. The molecular formula is C47H53ClFN5O10. The Labute approximate surface area is 375 Å². The Hall–Kier alpha value is -6.42. The van der Waals surface area contributed by atoms with E-state index in [0.29, 0.717) is 33.3 Å². The summed E-state index contributed by atoms with van der Waals surface area (Å²) in [4.78, 5) is 80.7. The van der Waals surface area contributed by atoms with Crippen LogP contribution in [0.1, 0.15) is 124 Å². The molecule has 3 aromatic carbocycles. The summed E-state index contributed by atoms with van der Waals surface area (Å²) in [7, 11) is 0. The number of anilines is 1. The number of nitrogens with one attached hydrogen (secondary N) is 2. The molecule has 17 heteroatoms. The molecule has 15 nitrogen and oxygen atoms in total. The van der Waals surface area contributed by atoms with Gasteiger partial charge in [-0.25, -0.2) is 23.7 Å². The maximum atomic E-state index is 14.3. The number of hydrogen-bond donors (Lipinski definition) is 4. The molecule has 3 aliphatic heterocycles. The van der Waals surface area contributed by atoms with Crippen molar-refractivity contribution in [2.24, 2.45) is 21.8 Å². The van der Waals surface area contributed by atoms with E-state index in [4.69, 9.17) is 21.1 Å². The fourth-order valence-electron chi connectivity index (χ4n) is 7.06. The number of amidine groups is 2. The van der Waals surface area contributed by atoms with E-state index < -0.39 is 40.8 Å². The van der Waals surface area contributed by atoms with Gasteiger partial charge in [0.1, 0.15) is 34.3 Å². The van der Waals surface area contributed by atoms with Crippen LogP contribution in [-0.4, -0.2) is 74.8 Å². The van der Waals surface area contributed by atoms with Crippen molar-refractivity contribution in [3.05, 3.63) is 104 Å². The van der Waals surface area contributed by atoms with Gasteiger partial charge in [0.25, 0.3) is 11.8 Å². The first-order valence-corrected chi connectivity index (χ1v) is 21.2. The van der Waals surface area contributed by atoms with Crippen molar-refractivity contribution in [1.82, 2.24) is 10.6 Å². The Morgan fingerprint density at radius 2 is 1.33 bits per heavy atom. The molecule has 1 aliphatic carbocycles. The zero-order chi connectivity index (χ0) is 47.6. The van der Waals surface area contributed by atoms with E-state index in [1.54, 1.807) is 52.0 Å². The first-order chi connectivity index (χ1) is 29.9. The average molecular weight is 902 g/mol. The van der Waals surface area contributed by atoms with Gasteiger partial charge in [0.05, 0.1) is 27.9 Å². The van der Waals surface area contributed by atoms with E-state index in [2.05, 4.69) is 20.6 Å². The van der Waals surface area contributed by atoms with Crippen LogP contribution in [0.5, 0.6) is 5.75 Å². The van der Waals surface area contributed by atoms with Crippen LogP contribution in [0.15, 0.2) is 69.8 Å². The Bertz CT molecular complexity index is 2520. The molecule has 0 aromatic heterocycles. The number of cyclic esters (lactones) is 1. The number of aliphatic imine (C=N–C) groups is 2. The quantitative estimate of drug-likeness (QED) is 0.150.